The van der Waals surface area contributed by atoms with Crippen LogP contribution in [-0.2, 0) is 18.8 Å². The van der Waals surface area contributed by atoms with E-state index < -0.39 is 19.8 Å². The molecule has 134 valence electrons. The lowest BCUT2D eigenvalue weighted by molar-refractivity contribution is -0.390. The molecule has 0 rings (SSSR count). The minimum atomic E-state index is -2.87. The molecule has 0 aromatic rings. The molecule has 0 radical (unpaired) electrons. The van der Waals surface area contributed by atoms with E-state index in [1.807, 2.05) is 20.8 Å². The van der Waals surface area contributed by atoms with Crippen molar-refractivity contribution in [2.24, 2.45) is 0 Å². The lowest BCUT2D eigenvalue weighted by Crippen LogP contribution is -2.48. The minimum absolute atomic E-state index is 0.0503. The fraction of sp³-hybridized carbons (Fsp3) is 1.00. The fourth-order valence-corrected chi connectivity index (χ4v) is 2.30. The van der Waals surface area contributed by atoms with E-state index in [0.29, 0.717) is 32.1 Å². The number of aliphatic hydroxyl groups is 1. The molecule has 0 aliphatic rings. The molecule has 0 saturated carbocycles. The molecule has 0 spiro atoms. The summed E-state index contributed by atoms with van der Waals surface area (Å²) in [6, 6.07) is 0. The molecule has 0 aromatic heterocycles. The maximum Gasteiger partial charge on any atom is 0.692 e. The molecular formula is C12H26Cl2O7P+. The van der Waals surface area contributed by atoms with Gasteiger partial charge in [-0.15, -0.1) is 33.0 Å². The van der Waals surface area contributed by atoms with Gasteiger partial charge in [-0.05, 0) is 27.2 Å². The molecule has 10 heteroatoms. The molecule has 7 nitrogen and oxygen atoms in total. The average Bonchev–Trinajstić information content (AvgIpc) is 2.39. The van der Waals surface area contributed by atoms with Gasteiger partial charge in [0.05, 0.1) is 17.9 Å². The van der Waals surface area contributed by atoms with Gasteiger partial charge >= 0.3 is 8.25 Å². The lowest BCUT2D eigenvalue weighted by atomic mass is 9.97. The topological polar surface area (TPSA) is 105 Å². The smallest absolute Gasteiger partial charge is 0.388 e. The van der Waals surface area contributed by atoms with Crippen LogP contribution in [0.4, 0.5) is 0 Å². The van der Waals surface area contributed by atoms with E-state index in [2.05, 4.69) is 0 Å². The second kappa shape index (κ2) is 13.8. The minimum Gasteiger partial charge on any atom is -0.388 e. The van der Waals surface area contributed by atoms with Gasteiger partial charge in [-0.1, -0.05) is 0 Å². The maximum atomic E-state index is 10.4. The van der Waals surface area contributed by atoms with Crippen LogP contribution >= 0.6 is 31.5 Å². The molecule has 0 aromatic carbocycles. The summed E-state index contributed by atoms with van der Waals surface area (Å²) >= 11 is 11.5. The van der Waals surface area contributed by atoms with Gasteiger partial charge in [-0.2, -0.15) is 0 Å². The first-order valence-electron chi connectivity index (χ1n) is 6.85. The highest BCUT2D eigenvalue weighted by atomic mass is 35.5. The van der Waals surface area contributed by atoms with Crippen molar-refractivity contribution < 1.29 is 33.7 Å². The van der Waals surface area contributed by atoms with E-state index in [4.69, 9.17) is 51.8 Å². The zero-order valence-electron chi connectivity index (χ0n) is 13.1. The molecule has 0 aliphatic heterocycles. The Morgan fingerprint density at radius 2 is 1.36 bits per heavy atom. The molecule has 1 unspecified atom stereocenters. The largest absolute Gasteiger partial charge is 0.692 e. The highest BCUT2D eigenvalue weighted by Gasteiger charge is 2.42. The first kappa shape index (κ1) is 24.7. The Morgan fingerprint density at radius 1 is 1.00 bits per heavy atom. The zero-order valence-corrected chi connectivity index (χ0v) is 15.5. The van der Waals surface area contributed by atoms with Crippen molar-refractivity contribution in [2.45, 2.75) is 45.2 Å². The van der Waals surface area contributed by atoms with Crippen LogP contribution in [0.25, 0.3) is 0 Å². The molecule has 0 heterocycles. The van der Waals surface area contributed by atoms with Crippen LogP contribution in [-0.4, -0.2) is 58.0 Å². The third-order valence-corrected chi connectivity index (χ3v) is 3.13. The molecule has 0 fully saturated rings. The van der Waals surface area contributed by atoms with Gasteiger partial charge in [0.15, 0.2) is 0 Å². The first-order valence-corrected chi connectivity index (χ1v) is 9.09. The fourth-order valence-electron chi connectivity index (χ4n) is 1.72. The highest BCUT2D eigenvalue weighted by molar-refractivity contribution is 7.30. The summed E-state index contributed by atoms with van der Waals surface area (Å²) in [4.78, 5) is 14.2. The number of hydrogen-bond donors (Lipinski definition) is 3. The van der Waals surface area contributed by atoms with Gasteiger partial charge in [0, 0.05) is 30.3 Å². The Balaban J connectivity index is 0. The second-order valence-corrected chi connectivity index (χ2v) is 5.36. The van der Waals surface area contributed by atoms with Gasteiger partial charge in [-0.3, -0.25) is 0 Å². The van der Waals surface area contributed by atoms with Crippen LogP contribution in [0.2, 0.25) is 0 Å². The van der Waals surface area contributed by atoms with Crippen molar-refractivity contribution >= 4 is 31.5 Å². The lowest BCUT2D eigenvalue weighted by Gasteiger charge is -2.38. The Hall–Kier alpha value is 0.440. The summed E-state index contributed by atoms with van der Waals surface area (Å²) in [5.74, 6) is -0.897. The van der Waals surface area contributed by atoms with E-state index in [0.717, 1.165) is 0 Å². The number of alkyl halides is 2. The molecule has 22 heavy (non-hydrogen) atoms. The first-order chi connectivity index (χ1) is 10.2. The number of hydrogen-bond acceptors (Lipinski definition) is 5. The van der Waals surface area contributed by atoms with Crippen molar-refractivity contribution in [3.8, 4) is 0 Å². The summed E-state index contributed by atoms with van der Waals surface area (Å²) in [5, 5.41) is 10.4. The Kier molecular flexibility index (Phi) is 15.5. The van der Waals surface area contributed by atoms with Gasteiger partial charge in [0.1, 0.15) is 0 Å². The Bertz CT molecular complexity index is 276. The van der Waals surface area contributed by atoms with E-state index in [1.165, 1.54) is 0 Å². The maximum absolute atomic E-state index is 10.4. The summed E-state index contributed by atoms with van der Waals surface area (Å²) in [7, 11) is -2.87. The third-order valence-electron chi connectivity index (χ3n) is 2.45. The van der Waals surface area contributed by atoms with Gasteiger partial charge in [-0.25, -0.2) is 0 Å². The summed E-state index contributed by atoms with van der Waals surface area (Å²) in [6.45, 7) is 6.77. The predicted octanol–water partition coefficient (Wildman–Crippen LogP) is 2.37. The molecule has 3 N–H and O–H groups in total. The predicted molar refractivity (Wildman–Crippen MR) is 85.3 cm³/mol. The molecule has 1 atom stereocenters. The van der Waals surface area contributed by atoms with Crippen LogP contribution < -0.4 is 0 Å². The SMILES string of the molecule is CCOC(CC(O)(CCl)CCCl)(OCC)OCC.O=[P+](O)O. The van der Waals surface area contributed by atoms with Gasteiger partial charge in [0.25, 0.3) is 5.97 Å². The van der Waals surface area contributed by atoms with Crippen LogP contribution in [0.15, 0.2) is 0 Å². The van der Waals surface area contributed by atoms with Crippen LogP contribution in [0.1, 0.15) is 33.6 Å². The van der Waals surface area contributed by atoms with Crippen LogP contribution in [0.3, 0.4) is 0 Å². The monoisotopic (exact) mass is 383 g/mol. The Morgan fingerprint density at radius 3 is 1.59 bits per heavy atom. The normalized spacial score (nSPS) is 14.0. The second-order valence-electron chi connectivity index (χ2n) is 4.21. The van der Waals surface area contributed by atoms with E-state index in [1.54, 1.807) is 0 Å². The molecule has 0 aliphatic carbocycles. The van der Waals surface area contributed by atoms with Crippen molar-refractivity contribution in [1.29, 1.82) is 0 Å². The third kappa shape index (κ3) is 11.9. The Labute approximate surface area is 142 Å². The van der Waals surface area contributed by atoms with Crippen LogP contribution in [0.5, 0.6) is 0 Å². The summed E-state index contributed by atoms with van der Waals surface area (Å²) in [6.07, 6.45) is 0.485. The highest BCUT2D eigenvalue weighted by Crippen LogP contribution is 2.31. The number of halogens is 2. The van der Waals surface area contributed by atoms with E-state index in [9.17, 15) is 5.11 Å². The zero-order chi connectivity index (χ0) is 17.6. The standard InChI is InChI=1S/C12H24Cl2O4.HO3P/c1-4-16-12(17-5-2,18-6-3)9-11(15,10-14)7-8-13;1-4(2)3/h15H,4-10H2,1-3H3;(H-,1,2,3)/p+1. The van der Waals surface area contributed by atoms with Gasteiger partial charge < -0.3 is 19.3 Å². The van der Waals surface area contributed by atoms with E-state index >= 15 is 0 Å². The average molecular weight is 384 g/mol. The van der Waals surface area contributed by atoms with E-state index in [-0.39, 0.29) is 12.3 Å². The van der Waals surface area contributed by atoms with Gasteiger partial charge in [0.2, 0.25) is 0 Å². The molecule has 0 saturated heterocycles. The quantitative estimate of drug-likeness (QED) is 0.285. The molecule has 0 bridgehead atoms. The van der Waals surface area contributed by atoms with Crippen LogP contribution in [0, 0.1) is 0 Å². The summed E-state index contributed by atoms with van der Waals surface area (Å²) in [5.41, 5.74) is -1.16. The molecule has 0 amide bonds. The van der Waals surface area contributed by atoms with Crippen molar-refractivity contribution in [3.05, 3.63) is 0 Å². The number of ether oxygens (including phenoxy) is 3. The van der Waals surface area contributed by atoms with Crippen molar-refractivity contribution in [1.82, 2.24) is 0 Å². The summed E-state index contributed by atoms with van der Waals surface area (Å²) < 4.78 is 25.3. The number of rotatable bonds is 11. The molecular weight excluding hydrogens is 358 g/mol. The van der Waals surface area contributed by atoms with Crippen molar-refractivity contribution in [3.63, 3.8) is 0 Å². The van der Waals surface area contributed by atoms with Crippen molar-refractivity contribution in [2.75, 3.05) is 31.6 Å².